The van der Waals surface area contributed by atoms with Gasteiger partial charge in [-0.1, -0.05) is 6.07 Å². The number of sulfonamides is 1. The van der Waals surface area contributed by atoms with Crippen LogP contribution in [-0.4, -0.2) is 26.3 Å². The third kappa shape index (κ3) is 2.72. The van der Waals surface area contributed by atoms with Gasteiger partial charge >= 0.3 is 0 Å². The number of nitriles is 1. The van der Waals surface area contributed by atoms with E-state index in [1.807, 2.05) is 6.07 Å². The molecule has 0 aromatic heterocycles. The molecule has 0 unspecified atom stereocenters. The monoisotopic (exact) mass is 239 g/mol. The minimum Gasteiger partial charge on any atom is -0.399 e. The lowest BCUT2D eigenvalue weighted by Gasteiger charge is -2.15. The molecule has 1 aromatic carbocycles. The first-order chi connectivity index (χ1) is 7.48. The number of rotatable bonds is 4. The van der Waals surface area contributed by atoms with Crippen LogP contribution in [0.1, 0.15) is 6.42 Å². The predicted molar refractivity (Wildman–Crippen MR) is 60.9 cm³/mol. The Kier molecular flexibility index (Phi) is 3.88. The van der Waals surface area contributed by atoms with Gasteiger partial charge in [0.15, 0.2) is 0 Å². The Morgan fingerprint density at radius 2 is 2.19 bits per heavy atom. The standard InChI is InChI=1S/C10H13N3O2S/c1-13(7-3-6-11)16(14,15)10-5-2-4-9(12)8-10/h2,4-5,8H,3,7,12H2,1H3. The highest BCUT2D eigenvalue weighted by molar-refractivity contribution is 7.89. The molecule has 2 N–H and O–H groups in total. The molecule has 0 aliphatic rings. The number of hydrogen-bond acceptors (Lipinski definition) is 4. The molecule has 0 fully saturated rings. The number of nitrogens with zero attached hydrogens (tertiary/aromatic N) is 2. The number of hydrogen-bond donors (Lipinski definition) is 1. The first-order valence-electron chi connectivity index (χ1n) is 4.67. The van der Waals surface area contributed by atoms with E-state index in [-0.39, 0.29) is 17.9 Å². The third-order valence-electron chi connectivity index (χ3n) is 2.10. The average Bonchev–Trinajstić information content (AvgIpc) is 2.25. The summed E-state index contributed by atoms with van der Waals surface area (Å²) in [6.07, 6.45) is 0.165. The highest BCUT2D eigenvalue weighted by Crippen LogP contribution is 2.16. The zero-order chi connectivity index (χ0) is 12.2. The lowest BCUT2D eigenvalue weighted by atomic mass is 10.3. The lowest BCUT2D eigenvalue weighted by Crippen LogP contribution is -2.27. The molecule has 0 heterocycles. The van der Waals surface area contributed by atoms with Gasteiger partial charge in [0.2, 0.25) is 10.0 Å². The average molecular weight is 239 g/mol. The number of nitrogens with two attached hydrogens (primary N) is 1. The van der Waals surface area contributed by atoms with Gasteiger partial charge in [0.25, 0.3) is 0 Å². The van der Waals surface area contributed by atoms with Crippen LogP contribution >= 0.6 is 0 Å². The summed E-state index contributed by atoms with van der Waals surface area (Å²) in [4.78, 5) is 0.146. The van der Waals surface area contributed by atoms with E-state index < -0.39 is 10.0 Å². The van der Waals surface area contributed by atoms with Crippen molar-refractivity contribution in [2.24, 2.45) is 0 Å². The molecule has 0 amide bonds. The van der Waals surface area contributed by atoms with Crippen molar-refractivity contribution in [3.8, 4) is 6.07 Å². The molecule has 0 atom stereocenters. The van der Waals surface area contributed by atoms with Gasteiger partial charge in [-0.3, -0.25) is 0 Å². The molecular formula is C10H13N3O2S. The van der Waals surface area contributed by atoms with Gasteiger partial charge < -0.3 is 5.73 Å². The van der Waals surface area contributed by atoms with Gasteiger partial charge in [-0.15, -0.1) is 0 Å². The molecule has 6 heteroatoms. The smallest absolute Gasteiger partial charge is 0.242 e. The maximum atomic E-state index is 12.0. The second-order valence-corrected chi connectivity index (χ2v) is 5.35. The SMILES string of the molecule is CN(CCC#N)S(=O)(=O)c1cccc(N)c1. The van der Waals surface area contributed by atoms with Gasteiger partial charge in [0, 0.05) is 25.7 Å². The molecule has 1 rings (SSSR count). The fraction of sp³-hybridized carbons (Fsp3) is 0.300. The van der Waals surface area contributed by atoms with E-state index in [1.165, 1.54) is 19.2 Å². The second kappa shape index (κ2) is 4.96. The highest BCUT2D eigenvalue weighted by Gasteiger charge is 2.20. The van der Waals surface area contributed by atoms with E-state index in [4.69, 9.17) is 11.0 Å². The summed E-state index contributed by atoms with van der Waals surface area (Å²) in [5.41, 5.74) is 5.92. The van der Waals surface area contributed by atoms with E-state index in [2.05, 4.69) is 0 Å². The topological polar surface area (TPSA) is 87.2 Å². The van der Waals surface area contributed by atoms with Crippen molar-refractivity contribution in [3.05, 3.63) is 24.3 Å². The number of benzene rings is 1. The van der Waals surface area contributed by atoms with Crippen molar-refractivity contribution in [1.82, 2.24) is 4.31 Å². The van der Waals surface area contributed by atoms with Gasteiger partial charge in [-0.25, -0.2) is 8.42 Å². The van der Waals surface area contributed by atoms with E-state index in [0.717, 1.165) is 4.31 Å². The zero-order valence-corrected chi connectivity index (χ0v) is 9.74. The Morgan fingerprint density at radius 1 is 1.50 bits per heavy atom. The molecule has 1 aromatic rings. The quantitative estimate of drug-likeness (QED) is 0.787. The van der Waals surface area contributed by atoms with Crippen LogP contribution in [0.5, 0.6) is 0 Å². The molecule has 0 aliphatic carbocycles. The van der Waals surface area contributed by atoms with Crippen LogP contribution in [0.15, 0.2) is 29.2 Å². The second-order valence-electron chi connectivity index (χ2n) is 3.31. The van der Waals surface area contributed by atoms with Crippen molar-refractivity contribution >= 4 is 15.7 Å². The maximum Gasteiger partial charge on any atom is 0.242 e. The minimum atomic E-state index is -3.53. The largest absolute Gasteiger partial charge is 0.399 e. The van der Waals surface area contributed by atoms with Crippen LogP contribution < -0.4 is 5.73 Å². The molecule has 0 aliphatic heterocycles. The van der Waals surface area contributed by atoms with Crippen LogP contribution in [0.25, 0.3) is 0 Å². The Morgan fingerprint density at radius 3 is 2.75 bits per heavy atom. The summed E-state index contributed by atoms with van der Waals surface area (Å²) in [6, 6.07) is 7.99. The van der Waals surface area contributed by atoms with Crippen molar-refractivity contribution < 1.29 is 8.42 Å². The molecule has 0 bridgehead atoms. The molecule has 0 radical (unpaired) electrons. The molecule has 16 heavy (non-hydrogen) atoms. The first-order valence-corrected chi connectivity index (χ1v) is 6.11. The number of nitrogen functional groups attached to an aromatic ring is 1. The van der Waals surface area contributed by atoms with Crippen LogP contribution in [0, 0.1) is 11.3 Å². The maximum absolute atomic E-state index is 12.0. The lowest BCUT2D eigenvalue weighted by molar-refractivity contribution is 0.476. The normalized spacial score (nSPS) is 11.3. The summed E-state index contributed by atoms with van der Waals surface area (Å²) < 4.78 is 25.0. The van der Waals surface area contributed by atoms with E-state index in [0.29, 0.717) is 5.69 Å². The van der Waals surface area contributed by atoms with Crippen LogP contribution in [0.4, 0.5) is 5.69 Å². The van der Waals surface area contributed by atoms with Crippen molar-refractivity contribution in [2.45, 2.75) is 11.3 Å². The number of anilines is 1. The third-order valence-corrected chi connectivity index (χ3v) is 3.96. The Hall–Kier alpha value is -1.58. The van der Waals surface area contributed by atoms with Crippen molar-refractivity contribution in [3.63, 3.8) is 0 Å². The minimum absolute atomic E-state index is 0.146. The van der Waals surface area contributed by atoms with Crippen LogP contribution in [0.3, 0.4) is 0 Å². The van der Waals surface area contributed by atoms with E-state index in [1.54, 1.807) is 12.1 Å². The molecule has 5 nitrogen and oxygen atoms in total. The molecule has 86 valence electrons. The molecular weight excluding hydrogens is 226 g/mol. The summed E-state index contributed by atoms with van der Waals surface area (Å²) in [6.45, 7) is 0.174. The van der Waals surface area contributed by atoms with Crippen LogP contribution in [0.2, 0.25) is 0 Å². The zero-order valence-electron chi connectivity index (χ0n) is 8.92. The van der Waals surface area contributed by atoms with Crippen molar-refractivity contribution in [1.29, 1.82) is 5.26 Å². The van der Waals surface area contributed by atoms with Crippen molar-refractivity contribution in [2.75, 3.05) is 19.3 Å². The molecule has 0 saturated carbocycles. The fourth-order valence-corrected chi connectivity index (χ4v) is 2.41. The van der Waals surface area contributed by atoms with Gasteiger partial charge in [-0.2, -0.15) is 9.57 Å². The van der Waals surface area contributed by atoms with Gasteiger partial charge in [-0.05, 0) is 18.2 Å². The van der Waals surface area contributed by atoms with Gasteiger partial charge in [0.1, 0.15) is 0 Å². The predicted octanol–water partition coefficient (Wildman–Crippen LogP) is 0.803. The Labute approximate surface area is 95.1 Å². The summed E-state index contributed by atoms with van der Waals surface area (Å²) in [5, 5.41) is 8.40. The molecule has 0 saturated heterocycles. The summed E-state index contributed by atoms with van der Waals surface area (Å²) >= 11 is 0. The van der Waals surface area contributed by atoms with E-state index in [9.17, 15) is 8.42 Å². The fourth-order valence-electron chi connectivity index (χ4n) is 1.18. The first kappa shape index (κ1) is 12.5. The van der Waals surface area contributed by atoms with Gasteiger partial charge in [0.05, 0.1) is 11.0 Å². The Balaban J connectivity index is 2.98. The Bertz CT molecular complexity index is 505. The van der Waals surface area contributed by atoms with Crippen LogP contribution in [-0.2, 0) is 10.0 Å². The highest BCUT2D eigenvalue weighted by atomic mass is 32.2. The van der Waals surface area contributed by atoms with E-state index >= 15 is 0 Å². The summed E-state index contributed by atoms with van der Waals surface area (Å²) in [7, 11) is -2.09. The molecule has 0 spiro atoms. The summed E-state index contributed by atoms with van der Waals surface area (Å²) in [5.74, 6) is 0.